The second-order valence-corrected chi connectivity index (χ2v) is 8.07. The lowest BCUT2D eigenvalue weighted by Gasteiger charge is -2.28. The van der Waals surface area contributed by atoms with Gasteiger partial charge >= 0.3 is 0 Å². The molecule has 0 atom stereocenters. The van der Waals surface area contributed by atoms with E-state index in [-0.39, 0.29) is 5.41 Å². The molecular formula is C23H26N4O. The second-order valence-electron chi connectivity index (χ2n) is 8.07. The molecule has 0 spiro atoms. The Morgan fingerprint density at radius 3 is 2.14 bits per heavy atom. The highest BCUT2D eigenvalue weighted by Crippen LogP contribution is 2.38. The molecule has 0 N–H and O–H groups in total. The molecule has 144 valence electrons. The number of carbonyl (C=O) groups excluding carboxylic acids is 1. The van der Waals surface area contributed by atoms with Crippen molar-refractivity contribution in [3.63, 3.8) is 0 Å². The van der Waals surface area contributed by atoms with Gasteiger partial charge in [0.1, 0.15) is 5.82 Å². The minimum atomic E-state index is -0.133. The molecule has 3 rings (SSSR count). The molecular weight excluding hydrogens is 348 g/mol. The minimum absolute atomic E-state index is 0.133. The topological polar surface area (TPSA) is 59.0 Å². The van der Waals surface area contributed by atoms with E-state index in [0.717, 1.165) is 51.6 Å². The van der Waals surface area contributed by atoms with Crippen molar-refractivity contribution in [2.24, 2.45) is 0 Å². The van der Waals surface area contributed by atoms with Crippen molar-refractivity contribution in [2.75, 3.05) is 4.90 Å². The van der Waals surface area contributed by atoms with Gasteiger partial charge in [0.2, 0.25) is 6.41 Å². The number of anilines is 2. The first kappa shape index (κ1) is 19.7. The van der Waals surface area contributed by atoms with E-state index in [2.05, 4.69) is 47.9 Å². The Morgan fingerprint density at radius 2 is 1.57 bits per heavy atom. The third-order valence-electron chi connectivity index (χ3n) is 4.89. The molecule has 2 aromatic heterocycles. The molecule has 2 heterocycles. The lowest BCUT2D eigenvalue weighted by atomic mass is 9.84. The fourth-order valence-electron chi connectivity index (χ4n) is 3.10. The van der Waals surface area contributed by atoms with E-state index in [0.29, 0.717) is 0 Å². The molecule has 0 saturated carbocycles. The first-order valence-electron chi connectivity index (χ1n) is 9.32. The van der Waals surface area contributed by atoms with Crippen LogP contribution in [0.5, 0.6) is 0 Å². The molecule has 1 aromatic carbocycles. The van der Waals surface area contributed by atoms with Crippen LogP contribution in [0.3, 0.4) is 0 Å². The molecule has 5 heteroatoms. The average Bonchev–Trinajstić information content (AvgIpc) is 2.65. The summed E-state index contributed by atoms with van der Waals surface area (Å²) >= 11 is 0. The van der Waals surface area contributed by atoms with Crippen LogP contribution < -0.4 is 4.90 Å². The predicted octanol–water partition coefficient (Wildman–Crippen LogP) is 5.06. The van der Waals surface area contributed by atoms with Gasteiger partial charge in [-0.2, -0.15) is 0 Å². The monoisotopic (exact) mass is 374 g/mol. The molecule has 0 aliphatic rings. The fraction of sp³-hybridized carbons (Fsp3) is 0.304. The molecule has 3 aromatic rings. The number of carbonyl (C=O) groups is 1. The van der Waals surface area contributed by atoms with Gasteiger partial charge in [-0.25, -0.2) is 9.97 Å². The number of benzene rings is 1. The number of amides is 1. The van der Waals surface area contributed by atoms with Crippen molar-refractivity contribution < 1.29 is 4.79 Å². The Labute approximate surface area is 166 Å². The maximum atomic E-state index is 12.1. The quantitative estimate of drug-likeness (QED) is 0.599. The van der Waals surface area contributed by atoms with Gasteiger partial charge in [-0.3, -0.25) is 14.7 Å². The fourth-order valence-corrected chi connectivity index (χ4v) is 3.10. The summed E-state index contributed by atoms with van der Waals surface area (Å²) in [6.07, 6.45) is 6.21. The van der Waals surface area contributed by atoms with Gasteiger partial charge in [0.15, 0.2) is 0 Å². The SMILES string of the molecule is Cc1ncc(-c2ccc(C(C)(C)C)c(N(C=O)c3cnc(C)c(C)c3)c2)cn1. The molecule has 0 aliphatic heterocycles. The van der Waals surface area contributed by atoms with Crippen LogP contribution in [0.1, 0.15) is 43.4 Å². The van der Waals surface area contributed by atoms with Gasteiger partial charge < -0.3 is 0 Å². The van der Waals surface area contributed by atoms with Crippen molar-refractivity contribution in [3.05, 3.63) is 65.5 Å². The summed E-state index contributed by atoms with van der Waals surface area (Å²) in [6, 6.07) is 8.15. The summed E-state index contributed by atoms with van der Waals surface area (Å²) in [4.78, 5) is 26.8. The van der Waals surface area contributed by atoms with Crippen molar-refractivity contribution >= 4 is 17.8 Å². The molecule has 0 saturated heterocycles. The van der Waals surface area contributed by atoms with Crippen LogP contribution in [0.2, 0.25) is 0 Å². The van der Waals surface area contributed by atoms with E-state index in [9.17, 15) is 4.79 Å². The zero-order chi connectivity index (χ0) is 20.5. The van der Waals surface area contributed by atoms with Gasteiger partial charge in [-0.15, -0.1) is 0 Å². The van der Waals surface area contributed by atoms with E-state index < -0.39 is 0 Å². The normalized spacial score (nSPS) is 11.4. The van der Waals surface area contributed by atoms with E-state index >= 15 is 0 Å². The number of hydrogen-bond acceptors (Lipinski definition) is 4. The average molecular weight is 374 g/mol. The number of aromatic nitrogens is 3. The third-order valence-corrected chi connectivity index (χ3v) is 4.89. The Bertz CT molecular complexity index is 1000. The molecule has 0 radical (unpaired) electrons. The zero-order valence-electron chi connectivity index (χ0n) is 17.3. The first-order chi connectivity index (χ1) is 13.2. The molecule has 0 unspecified atom stereocenters. The van der Waals surface area contributed by atoms with Gasteiger partial charge in [0.25, 0.3) is 0 Å². The van der Waals surface area contributed by atoms with Crippen molar-refractivity contribution in [3.8, 4) is 11.1 Å². The number of aryl methyl sites for hydroxylation is 3. The van der Waals surface area contributed by atoms with Crippen molar-refractivity contribution in [1.82, 2.24) is 15.0 Å². The number of hydrogen-bond donors (Lipinski definition) is 0. The van der Waals surface area contributed by atoms with Crippen molar-refractivity contribution in [2.45, 2.75) is 47.0 Å². The molecule has 0 bridgehead atoms. The largest absolute Gasteiger partial charge is 0.282 e. The highest BCUT2D eigenvalue weighted by Gasteiger charge is 2.23. The highest BCUT2D eigenvalue weighted by atomic mass is 16.1. The van der Waals surface area contributed by atoms with Crippen LogP contribution in [0.25, 0.3) is 11.1 Å². The Morgan fingerprint density at radius 1 is 0.893 bits per heavy atom. The standard InChI is InChI=1S/C23H26N4O/c1-15-9-20(13-24-16(15)2)27(14-28)22-10-18(7-8-21(22)23(4,5)6)19-11-25-17(3)26-12-19/h7-14H,1-6H3. The van der Waals surface area contributed by atoms with E-state index in [1.54, 1.807) is 23.5 Å². The molecule has 28 heavy (non-hydrogen) atoms. The molecule has 0 aliphatic carbocycles. The van der Waals surface area contributed by atoms with Crippen LogP contribution in [0.15, 0.2) is 42.9 Å². The van der Waals surface area contributed by atoms with Crippen molar-refractivity contribution in [1.29, 1.82) is 0 Å². The third kappa shape index (κ3) is 3.93. The lowest BCUT2D eigenvalue weighted by molar-refractivity contribution is -0.106. The van der Waals surface area contributed by atoms with Gasteiger partial charge in [0.05, 0.1) is 17.6 Å². The van der Waals surface area contributed by atoms with Gasteiger partial charge in [-0.05, 0) is 55.0 Å². The maximum absolute atomic E-state index is 12.1. The smallest absolute Gasteiger partial charge is 0.218 e. The number of nitrogens with zero attached hydrogens (tertiary/aromatic N) is 4. The minimum Gasteiger partial charge on any atom is -0.282 e. The van der Waals surface area contributed by atoms with E-state index in [1.807, 2.05) is 32.9 Å². The Hall–Kier alpha value is -3.08. The summed E-state index contributed by atoms with van der Waals surface area (Å²) in [7, 11) is 0. The predicted molar refractivity (Wildman–Crippen MR) is 113 cm³/mol. The van der Waals surface area contributed by atoms with Gasteiger partial charge in [-0.1, -0.05) is 32.9 Å². The van der Waals surface area contributed by atoms with Crippen LogP contribution >= 0.6 is 0 Å². The molecule has 0 fully saturated rings. The lowest BCUT2D eigenvalue weighted by Crippen LogP contribution is -2.21. The summed E-state index contributed by atoms with van der Waals surface area (Å²) in [5.41, 5.74) is 6.41. The van der Waals surface area contributed by atoms with Gasteiger partial charge in [0, 0.05) is 23.7 Å². The summed E-state index contributed by atoms with van der Waals surface area (Å²) < 4.78 is 0. The zero-order valence-corrected chi connectivity index (χ0v) is 17.3. The molecule has 5 nitrogen and oxygen atoms in total. The number of rotatable bonds is 4. The highest BCUT2D eigenvalue weighted by molar-refractivity contribution is 5.89. The van der Waals surface area contributed by atoms with E-state index in [1.165, 1.54) is 0 Å². The molecule has 1 amide bonds. The maximum Gasteiger partial charge on any atom is 0.218 e. The second kappa shape index (κ2) is 7.50. The van der Waals surface area contributed by atoms with Crippen LogP contribution in [0.4, 0.5) is 11.4 Å². The number of pyridine rings is 1. The van der Waals surface area contributed by atoms with Crippen LogP contribution in [-0.2, 0) is 10.2 Å². The Kier molecular flexibility index (Phi) is 5.27. The summed E-state index contributed by atoms with van der Waals surface area (Å²) in [6.45, 7) is 12.2. The Balaban J connectivity index is 2.19. The summed E-state index contributed by atoms with van der Waals surface area (Å²) in [5.74, 6) is 0.728. The van der Waals surface area contributed by atoms with Crippen LogP contribution in [0, 0.1) is 20.8 Å². The summed E-state index contributed by atoms with van der Waals surface area (Å²) in [5, 5.41) is 0. The van der Waals surface area contributed by atoms with Crippen LogP contribution in [-0.4, -0.2) is 21.4 Å². The van der Waals surface area contributed by atoms with E-state index in [4.69, 9.17) is 0 Å². The first-order valence-corrected chi connectivity index (χ1v) is 9.32.